The second-order valence-electron chi connectivity index (χ2n) is 5.20. The lowest BCUT2D eigenvalue weighted by atomic mass is 10.1. The number of pyridine rings is 1. The van der Waals surface area contributed by atoms with Gasteiger partial charge < -0.3 is 4.57 Å². The van der Waals surface area contributed by atoms with Crippen LogP contribution in [0.1, 0.15) is 17.0 Å². The standard InChI is InChI=1S/C17H12FN3O/c18-13-3-1-11(2-4-13)15-16(12-5-8-19-9-6-12)21-10-7-14(22)17(21)20-15/h1-6,8-9H,7,10H2. The number of halogens is 1. The Morgan fingerprint density at radius 1 is 1.00 bits per heavy atom. The van der Waals surface area contributed by atoms with Gasteiger partial charge in [0.1, 0.15) is 5.82 Å². The molecule has 22 heavy (non-hydrogen) atoms. The van der Waals surface area contributed by atoms with Gasteiger partial charge in [0.2, 0.25) is 0 Å². The SMILES string of the molecule is O=C1CCn2c1nc(-c1ccc(F)cc1)c2-c1ccncc1. The van der Waals surface area contributed by atoms with Crippen molar-refractivity contribution in [2.75, 3.05) is 0 Å². The van der Waals surface area contributed by atoms with E-state index in [-0.39, 0.29) is 11.6 Å². The Hall–Kier alpha value is -2.82. The fraction of sp³-hybridized carbons (Fsp3) is 0.118. The number of fused-ring (bicyclic) bond motifs is 1. The summed E-state index contributed by atoms with van der Waals surface area (Å²) in [5.74, 6) is 0.229. The van der Waals surface area contributed by atoms with Gasteiger partial charge in [-0.15, -0.1) is 0 Å². The fourth-order valence-corrected chi connectivity index (χ4v) is 2.82. The highest BCUT2D eigenvalue weighted by Gasteiger charge is 2.28. The normalized spacial score (nSPS) is 13.4. The molecule has 0 spiro atoms. The molecule has 0 unspecified atom stereocenters. The Morgan fingerprint density at radius 2 is 1.73 bits per heavy atom. The number of nitrogens with zero attached hydrogens (tertiary/aromatic N) is 3. The van der Waals surface area contributed by atoms with Crippen LogP contribution in [0.3, 0.4) is 0 Å². The predicted octanol–water partition coefficient (Wildman–Crippen LogP) is 3.34. The second kappa shape index (κ2) is 4.87. The number of carbonyl (C=O) groups excluding carboxylic acids is 1. The highest BCUT2D eigenvalue weighted by atomic mass is 19.1. The van der Waals surface area contributed by atoms with Crippen LogP contribution < -0.4 is 0 Å². The molecule has 2 aromatic heterocycles. The molecule has 3 heterocycles. The highest BCUT2D eigenvalue weighted by Crippen LogP contribution is 2.35. The molecular formula is C17H12FN3O. The molecule has 0 atom stereocenters. The molecule has 0 amide bonds. The van der Waals surface area contributed by atoms with Gasteiger partial charge in [-0.2, -0.15) is 0 Å². The maximum Gasteiger partial charge on any atom is 0.200 e. The third kappa shape index (κ3) is 1.94. The Morgan fingerprint density at radius 3 is 2.45 bits per heavy atom. The fourth-order valence-electron chi connectivity index (χ4n) is 2.82. The van der Waals surface area contributed by atoms with Gasteiger partial charge in [-0.3, -0.25) is 9.78 Å². The molecule has 3 aromatic rings. The molecule has 0 bridgehead atoms. The monoisotopic (exact) mass is 293 g/mol. The summed E-state index contributed by atoms with van der Waals surface area (Å²) in [6.07, 6.45) is 3.89. The Kier molecular flexibility index (Phi) is 2.85. The Balaban J connectivity index is 1.97. The molecule has 1 aliphatic heterocycles. The molecule has 0 saturated carbocycles. The van der Waals surface area contributed by atoms with E-state index in [2.05, 4.69) is 9.97 Å². The molecule has 5 heteroatoms. The van der Waals surface area contributed by atoms with Crippen LogP contribution in [0.25, 0.3) is 22.5 Å². The van der Waals surface area contributed by atoms with Gasteiger partial charge in [0.15, 0.2) is 11.6 Å². The van der Waals surface area contributed by atoms with Crippen LogP contribution >= 0.6 is 0 Å². The Bertz CT molecular complexity index is 854. The van der Waals surface area contributed by atoms with Crippen molar-refractivity contribution in [3.8, 4) is 22.5 Å². The first kappa shape index (κ1) is 12.9. The van der Waals surface area contributed by atoms with Crippen molar-refractivity contribution >= 4 is 5.78 Å². The van der Waals surface area contributed by atoms with Crippen LogP contribution in [0.5, 0.6) is 0 Å². The molecule has 0 radical (unpaired) electrons. The van der Waals surface area contributed by atoms with Crippen LogP contribution in [0.15, 0.2) is 48.8 Å². The van der Waals surface area contributed by atoms with E-state index in [1.807, 2.05) is 16.7 Å². The van der Waals surface area contributed by atoms with Crippen molar-refractivity contribution < 1.29 is 9.18 Å². The molecule has 0 saturated heterocycles. The summed E-state index contributed by atoms with van der Waals surface area (Å²) in [7, 11) is 0. The predicted molar refractivity (Wildman–Crippen MR) is 79.8 cm³/mol. The smallest absolute Gasteiger partial charge is 0.200 e. The zero-order valence-corrected chi connectivity index (χ0v) is 11.7. The molecular weight excluding hydrogens is 281 g/mol. The van der Waals surface area contributed by atoms with Crippen molar-refractivity contribution in [1.29, 1.82) is 0 Å². The highest BCUT2D eigenvalue weighted by molar-refractivity contribution is 5.97. The molecule has 4 nitrogen and oxygen atoms in total. The summed E-state index contributed by atoms with van der Waals surface area (Å²) in [6.45, 7) is 0.625. The molecule has 4 rings (SSSR count). The Labute approximate surface area is 126 Å². The van der Waals surface area contributed by atoms with E-state index in [0.29, 0.717) is 24.5 Å². The maximum absolute atomic E-state index is 13.2. The lowest BCUT2D eigenvalue weighted by molar-refractivity contribution is 0.0990. The molecule has 108 valence electrons. The van der Waals surface area contributed by atoms with Gasteiger partial charge in [-0.1, -0.05) is 0 Å². The number of imidazole rings is 1. The largest absolute Gasteiger partial charge is 0.321 e. The number of ketones is 1. The first-order valence-corrected chi connectivity index (χ1v) is 7.04. The minimum atomic E-state index is -0.294. The summed E-state index contributed by atoms with van der Waals surface area (Å²) in [5.41, 5.74) is 3.33. The van der Waals surface area contributed by atoms with Crippen LogP contribution in [0.4, 0.5) is 4.39 Å². The van der Waals surface area contributed by atoms with E-state index in [1.54, 1.807) is 24.5 Å². The lowest BCUT2D eigenvalue weighted by Gasteiger charge is -2.08. The van der Waals surface area contributed by atoms with Gasteiger partial charge in [0.25, 0.3) is 0 Å². The third-order valence-electron chi connectivity index (χ3n) is 3.85. The van der Waals surface area contributed by atoms with Crippen LogP contribution in [0.2, 0.25) is 0 Å². The average Bonchev–Trinajstić information content (AvgIpc) is 3.09. The zero-order chi connectivity index (χ0) is 15.1. The van der Waals surface area contributed by atoms with E-state index in [0.717, 1.165) is 16.8 Å². The molecule has 0 N–H and O–H groups in total. The van der Waals surface area contributed by atoms with Crippen molar-refractivity contribution in [2.45, 2.75) is 13.0 Å². The minimum Gasteiger partial charge on any atom is -0.321 e. The van der Waals surface area contributed by atoms with Crippen molar-refractivity contribution in [3.05, 3.63) is 60.4 Å². The summed E-state index contributed by atoms with van der Waals surface area (Å²) >= 11 is 0. The van der Waals surface area contributed by atoms with Gasteiger partial charge in [-0.05, 0) is 36.4 Å². The molecule has 0 aliphatic carbocycles. The lowest BCUT2D eigenvalue weighted by Crippen LogP contribution is -1.97. The van der Waals surface area contributed by atoms with Crippen LogP contribution in [-0.4, -0.2) is 20.3 Å². The summed E-state index contributed by atoms with van der Waals surface area (Å²) in [4.78, 5) is 20.5. The minimum absolute atomic E-state index is 0.0451. The molecule has 0 fully saturated rings. The van der Waals surface area contributed by atoms with Crippen molar-refractivity contribution in [1.82, 2.24) is 14.5 Å². The van der Waals surface area contributed by atoms with E-state index in [9.17, 15) is 9.18 Å². The molecule has 1 aliphatic rings. The second-order valence-corrected chi connectivity index (χ2v) is 5.20. The van der Waals surface area contributed by atoms with E-state index >= 15 is 0 Å². The summed E-state index contributed by atoms with van der Waals surface area (Å²) in [5, 5.41) is 0. The topological polar surface area (TPSA) is 47.8 Å². The zero-order valence-electron chi connectivity index (χ0n) is 11.7. The first-order chi connectivity index (χ1) is 10.7. The van der Waals surface area contributed by atoms with Gasteiger partial charge >= 0.3 is 0 Å². The van der Waals surface area contributed by atoms with Gasteiger partial charge in [0.05, 0.1) is 11.4 Å². The first-order valence-electron chi connectivity index (χ1n) is 7.04. The van der Waals surface area contributed by atoms with Crippen LogP contribution in [0, 0.1) is 5.82 Å². The number of benzene rings is 1. The van der Waals surface area contributed by atoms with E-state index in [4.69, 9.17) is 0 Å². The number of aromatic nitrogens is 3. The average molecular weight is 293 g/mol. The number of carbonyl (C=O) groups is 1. The number of rotatable bonds is 2. The molecule has 1 aromatic carbocycles. The van der Waals surface area contributed by atoms with Crippen LogP contribution in [-0.2, 0) is 6.54 Å². The van der Waals surface area contributed by atoms with E-state index < -0.39 is 0 Å². The summed E-state index contributed by atoms with van der Waals surface area (Å²) in [6, 6.07) is 9.95. The van der Waals surface area contributed by atoms with Gasteiger partial charge in [-0.25, -0.2) is 9.37 Å². The third-order valence-corrected chi connectivity index (χ3v) is 3.85. The number of hydrogen-bond acceptors (Lipinski definition) is 3. The summed E-state index contributed by atoms with van der Waals surface area (Å²) < 4.78 is 15.1. The van der Waals surface area contributed by atoms with E-state index in [1.165, 1.54) is 12.1 Å². The maximum atomic E-state index is 13.2. The quantitative estimate of drug-likeness (QED) is 0.728. The van der Waals surface area contributed by atoms with Crippen molar-refractivity contribution in [2.24, 2.45) is 0 Å². The van der Waals surface area contributed by atoms with Gasteiger partial charge in [0, 0.05) is 36.5 Å². The number of Topliss-reactive ketones (excluding diaryl/α,β-unsaturated/α-hetero) is 1. The number of hydrogen-bond donors (Lipinski definition) is 0. The van der Waals surface area contributed by atoms with Crippen molar-refractivity contribution in [3.63, 3.8) is 0 Å².